The number of ether oxygens (including phenoxy) is 2. The van der Waals surface area contributed by atoms with Crippen LogP contribution in [0.15, 0.2) is 103 Å². The van der Waals surface area contributed by atoms with Crippen LogP contribution in [0.2, 0.25) is 0 Å². The van der Waals surface area contributed by atoms with Gasteiger partial charge in [-0.3, -0.25) is 4.79 Å². The molecule has 0 spiro atoms. The monoisotopic (exact) mass is 982 g/mol. The average molecular weight is 984 g/mol. The van der Waals surface area contributed by atoms with Crippen molar-refractivity contribution in [2.24, 2.45) is 0 Å². The quantitative estimate of drug-likeness (QED) is 0.0811. The van der Waals surface area contributed by atoms with Crippen molar-refractivity contribution in [1.82, 2.24) is 0 Å². The molecule has 0 unspecified atom stereocenters. The van der Waals surface area contributed by atoms with Crippen LogP contribution in [-0.2, 0) is 28.2 Å². The number of halogens is 1. The molecule has 0 amide bonds. The maximum atomic E-state index is 9.40. The predicted octanol–water partition coefficient (Wildman–Crippen LogP) is 2.93. The first-order valence-electron chi connectivity index (χ1n) is 15.3. The Morgan fingerprint density at radius 3 is 1.50 bits per heavy atom. The fraction of sp³-hybridized carbons (Fsp3) is 0.225. The van der Waals surface area contributed by atoms with Crippen molar-refractivity contribution >= 4 is 22.4 Å². The van der Waals surface area contributed by atoms with Crippen LogP contribution in [0.3, 0.4) is 0 Å². The van der Waals surface area contributed by atoms with Crippen molar-refractivity contribution in [3.05, 3.63) is 153 Å². The molecule has 2 N–H and O–H groups in total. The van der Waals surface area contributed by atoms with Crippen LogP contribution in [0.25, 0.3) is 0 Å². The van der Waals surface area contributed by atoms with Crippen LogP contribution in [0.5, 0.6) is 23.0 Å². The minimum Gasteiger partial charge on any atom is -1.00 e. The van der Waals surface area contributed by atoms with Gasteiger partial charge >= 0.3 is 138 Å². The molecule has 0 heterocycles. The van der Waals surface area contributed by atoms with E-state index in [0.717, 1.165) is 44.6 Å². The number of carbonyl (C=O) groups is 1. The first kappa shape index (κ1) is 49.3. The van der Waals surface area contributed by atoms with Crippen molar-refractivity contribution in [2.75, 3.05) is 0 Å². The SMILES string of the molecule is BrCc1ccccc1.Cc1cc(O)c(C)c(C)c1O.Cc1cc(OCc2ccccc2)c(C)c(C)c1OCc1ccccc1.O=CO[O-].[Cs+].[Cs+].[H-]. The van der Waals surface area contributed by atoms with Gasteiger partial charge in [0.15, 0.2) is 0 Å². The second-order valence-corrected chi connectivity index (χ2v) is 11.5. The minimum absolute atomic E-state index is 0. The van der Waals surface area contributed by atoms with E-state index in [1.54, 1.807) is 26.8 Å². The van der Waals surface area contributed by atoms with Crippen molar-refractivity contribution in [1.29, 1.82) is 0 Å². The Kier molecular flexibility index (Phi) is 27.5. The molecule has 0 radical (unpaired) electrons. The molecule has 10 heteroatoms. The minimum atomic E-state index is -0.181. The summed E-state index contributed by atoms with van der Waals surface area (Å²) in [5.41, 5.74) is 9.24. The van der Waals surface area contributed by atoms with Gasteiger partial charge in [0.1, 0.15) is 36.2 Å². The van der Waals surface area contributed by atoms with E-state index in [1.165, 1.54) is 16.7 Å². The second kappa shape index (κ2) is 27.9. The summed E-state index contributed by atoms with van der Waals surface area (Å²) in [6, 6.07) is 34.4. The fourth-order valence-corrected chi connectivity index (χ4v) is 4.85. The molecule has 5 aromatic rings. The number of hydrogen-bond donors (Lipinski definition) is 2. The van der Waals surface area contributed by atoms with Crippen molar-refractivity contribution < 1.29 is 174 Å². The molecule has 0 saturated carbocycles. The zero-order valence-electron chi connectivity index (χ0n) is 31.3. The number of phenolic OH excluding ortho intramolecular Hbond substituents is 2. The Balaban J connectivity index is 0. The molecule has 5 rings (SSSR count). The summed E-state index contributed by atoms with van der Waals surface area (Å²) in [6.45, 7) is 12.6. The summed E-state index contributed by atoms with van der Waals surface area (Å²) < 4.78 is 12.1. The number of aromatic hydroxyl groups is 2. The summed E-state index contributed by atoms with van der Waals surface area (Å²) >= 11 is 3.36. The first-order valence-corrected chi connectivity index (χ1v) is 16.4. The summed E-state index contributed by atoms with van der Waals surface area (Å²) in [5, 5.41) is 28.1. The smallest absolute Gasteiger partial charge is 1.00 e. The number of carbonyl (C=O) groups excluding carboxylic acids is 1. The molecule has 7 nitrogen and oxygen atoms in total. The third-order valence-electron chi connectivity index (χ3n) is 7.51. The van der Waals surface area contributed by atoms with Crippen molar-refractivity contribution in [2.45, 2.75) is 60.1 Å². The Hall–Kier alpha value is -0.686. The second-order valence-electron chi connectivity index (χ2n) is 10.9. The van der Waals surface area contributed by atoms with E-state index >= 15 is 0 Å². The molecular formula is C40H45BrCs2O7. The maximum Gasteiger partial charge on any atom is 1.00 e. The van der Waals surface area contributed by atoms with Gasteiger partial charge in [0.2, 0.25) is 0 Å². The van der Waals surface area contributed by atoms with E-state index < -0.39 is 0 Å². The van der Waals surface area contributed by atoms with E-state index in [2.05, 4.69) is 84.1 Å². The van der Waals surface area contributed by atoms with Crippen LogP contribution < -0.4 is 153 Å². The third kappa shape index (κ3) is 17.4. The van der Waals surface area contributed by atoms with Crippen LogP contribution in [0, 0.1) is 41.5 Å². The standard InChI is InChI=1S/C23H24O2.C9H12O2.C7H7Br.CH2O3.2Cs.H/c1-17-14-22(24-15-20-10-6-4-7-11-20)18(2)19(3)23(17)25-16-21-12-8-5-9-13-21;1-5-4-8(10)6(2)7(3)9(5)11;8-6-7-4-2-1-3-5-7;2-1-4-3;;;/h4-14H,15-16H2,1-3H3;4,10-11H,1-3H3;1-5H,6H2;1,3H;;;/q;;;;2*+1;-1/p-1. The van der Waals surface area contributed by atoms with Gasteiger partial charge in [-0.1, -0.05) is 107 Å². The van der Waals surface area contributed by atoms with E-state index in [-0.39, 0.29) is 157 Å². The maximum absolute atomic E-state index is 9.40. The van der Waals surface area contributed by atoms with E-state index in [4.69, 9.17) is 19.5 Å². The molecule has 0 fully saturated rings. The number of alkyl halides is 1. The number of benzene rings is 5. The van der Waals surface area contributed by atoms with Crippen molar-refractivity contribution in [3.63, 3.8) is 0 Å². The van der Waals surface area contributed by atoms with Gasteiger partial charge in [0, 0.05) is 5.33 Å². The summed E-state index contributed by atoms with van der Waals surface area (Å²) in [7, 11) is 0. The van der Waals surface area contributed by atoms with Crippen molar-refractivity contribution in [3.8, 4) is 23.0 Å². The number of rotatable bonds is 8. The topological polar surface area (TPSA) is 108 Å². The normalized spacial score (nSPS) is 9.36. The van der Waals surface area contributed by atoms with Gasteiger partial charge in [-0.05, 0) is 104 Å². The van der Waals surface area contributed by atoms with E-state index in [0.29, 0.717) is 18.8 Å². The molecular weight excluding hydrogens is 938 g/mol. The van der Waals surface area contributed by atoms with Gasteiger partial charge in [-0.15, -0.1) is 0 Å². The van der Waals surface area contributed by atoms with Crippen LogP contribution >= 0.6 is 15.9 Å². The summed E-state index contributed by atoms with van der Waals surface area (Å²) in [6.07, 6.45) is 0. The van der Waals surface area contributed by atoms with Gasteiger partial charge in [-0.2, -0.15) is 0 Å². The third-order valence-corrected chi connectivity index (χ3v) is 8.15. The van der Waals surface area contributed by atoms with Gasteiger partial charge in [-0.25, -0.2) is 0 Å². The molecule has 0 aliphatic carbocycles. The molecule has 5 aromatic carbocycles. The van der Waals surface area contributed by atoms with Crippen LogP contribution in [-0.4, -0.2) is 16.7 Å². The molecule has 0 aliphatic rings. The number of hydrogen-bond acceptors (Lipinski definition) is 7. The summed E-state index contributed by atoms with van der Waals surface area (Å²) in [5.74, 6) is 2.40. The zero-order valence-corrected chi connectivity index (χ0v) is 44.5. The molecule has 256 valence electrons. The molecule has 0 aliphatic heterocycles. The molecule has 0 atom stereocenters. The fourth-order valence-electron chi connectivity index (χ4n) is 4.47. The van der Waals surface area contributed by atoms with Crippen LogP contribution in [0.4, 0.5) is 0 Å². The van der Waals surface area contributed by atoms with E-state index in [9.17, 15) is 10.2 Å². The Morgan fingerprint density at radius 1 is 0.640 bits per heavy atom. The Morgan fingerprint density at radius 2 is 1.08 bits per heavy atom. The molecule has 0 saturated heterocycles. The number of aryl methyl sites for hydroxylation is 2. The van der Waals surface area contributed by atoms with E-state index in [1.807, 2.05) is 54.6 Å². The molecule has 0 bridgehead atoms. The van der Waals surface area contributed by atoms with Crippen LogP contribution in [0.1, 0.15) is 51.5 Å². The number of phenols is 2. The Labute approximate surface area is 424 Å². The van der Waals surface area contributed by atoms with Gasteiger partial charge in [0.25, 0.3) is 6.47 Å². The van der Waals surface area contributed by atoms with Gasteiger partial charge in [0.05, 0.1) is 0 Å². The zero-order chi connectivity index (χ0) is 35.5. The largest absolute Gasteiger partial charge is 1.00 e. The molecule has 50 heavy (non-hydrogen) atoms. The first-order chi connectivity index (χ1) is 23.0. The van der Waals surface area contributed by atoms with Gasteiger partial charge < -0.3 is 31.3 Å². The average Bonchev–Trinajstić information content (AvgIpc) is 3.12. The predicted molar refractivity (Wildman–Crippen MR) is 194 cm³/mol. The molecule has 0 aromatic heterocycles. The summed E-state index contributed by atoms with van der Waals surface area (Å²) in [4.78, 5) is 11.2. The Bertz CT molecular complexity index is 1670.